The zero-order chi connectivity index (χ0) is 16.5. The molecule has 1 aromatic rings. The summed E-state index contributed by atoms with van der Waals surface area (Å²) in [5.74, 6) is 1.67. The van der Waals surface area contributed by atoms with Crippen LogP contribution in [0.3, 0.4) is 0 Å². The lowest BCUT2D eigenvalue weighted by molar-refractivity contribution is 0.115. The number of aliphatic hydroxyl groups excluding tert-OH is 1. The third-order valence-corrected chi connectivity index (χ3v) is 4.01. The minimum absolute atomic E-state index is 0.0487. The zero-order valence-electron chi connectivity index (χ0n) is 14.3. The van der Waals surface area contributed by atoms with Crippen LogP contribution >= 0.6 is 0 Å². The molecule has 1 saturated carbocycles. The van der Waals surface area contributed by atoms with Gasteiger partial charge in [0, 0.05) is 26.7 Å². The van der Waals surface area contributed by atoms with Crippen LogP contribution in [-0.4, -0.2) is 49.3 Å². The maximum Gasteiger partial charge on any atom is 0.194 e. The lowest BCUT2D eigenvalue weighted by Gasteiger charge is -2.22. The summed E-state index contributed by atoms with van der Waals surface area (Å²) in [6.45, 7) is 5.94. The van der Waals surface area contributed by atoms with Gasteiger partial charge in [-0.25, -0.2) is 4.99 Å². The third kappa shape index (κ3) is 6.20. The molecule has 1 aliphatic rings. The van der Waals surface area contributed by atoms with E-state index in [1.165, 1.54) is 12.8 Å². The molecular weight excluding hydrogens is 290 g/mol. The van der Waals surface area contributed by atoms with Gasteiger partial charge in [-0.2, -0.15) is 0 Å². The maximum atomic E-state index is 9.40. The minimum Gasteiger partial charge on any atom is -0.392 e. The summed E-state index contributed by atoms with van der Waals surface area (Å²) in [4.78, 5) is 6.78. The van der Waals surface area contributed by atoms with Crippen molar-refractivity contribution in [3.05, 3.63) is 35.4 Å². The molecule has 0 aromatic heterocycles. The second-order valence-corrected chi connectivity index (χ2v) is 6.04. The number of aliphatic hydroxyl groups is 1. The number of benzene rings is 1. The van der Waals surface area contributed by atoms with E-state index in [1.54, 1.807) is 0 Å². The van der Waals surface area contributed by atoms with Crippen molar-refractivity contribution in [2.24, 2.45) is 10.9 Å². The first-order valence-electron chi connectivity index (χ1n) is 8.49. The number of ether oxygens (including phenoxy) is 1. The molecule has 0 amide bonds. The van der Waals surface area contributed by atoms with E-state index in [1.807, 2.05) is 31.3 Å². The van der Waals surface area contributed by atoms with E-state index < -0.39 is 0 Å². The molecule has 1 fully saturated rings. The molecule has 1 aromatic carbocycles. The Bertz CT molecular complexity index is 501. The van der Waals surface area contributed by atoms with Crippen LogP contribution in [0, 0.1) is 5.92 Å². The lowest BCUT2D eigenvalue weighted by Crippen LogP contribution is -2.40. The Morgan fingerprint density at radius 3 is 2.74 bits per heavy atom. The number of nitrogens with zero attached hydrogens (tertiary/aromatic N) is 2. The molecule has 0 spiro atoms. The first-order valence-corrected chi connectivity index (χ1v) is 8.49. The SMILES string of the molecule is CCNC(=NCc1ccccc1CO)N(C)CCOCC1CC1. The van der Waals surface area contributed by atoms with Gasteiger partial charge in [0.25, 0.3) is 0 Å². The van der Waals surface area contributed by atoms with Crippen LogP contribution in [0.25, 0.3) is 0 Å². The summed E-state index contributed by atoms with van der Waals surface area (Å²) < 4.78 is 5.70. The standard InChI is InChI=1S/C18H29N3O2/c1-3-19-18(21(2)10-11-23-14-15-8-9-15)20-12-16-6-4-5-7-17(16)13-22/h4-7,15,22H,3,8-14H2,1-2H3,(H,19,20). The highest BCUT2D eigenvalue weighted by Crippen LogP contribution is 2.28. The highest BCUT2D eigenvalue weighted by Gasteiger charge is 2.21. The second kappa shape index (κ2) is 9.53. The maximum absolute atomic E-state index is 9.40. The van der Waals surface area contributed by atoms with Crippen molar-refractivity contribution in [3.8, 4) is 0 Å². The molecule has 128 valence electrons. The number of rotatable bonds is 9. The lowest BCUT2D eigenvalue weighted by atomic mass is 10.1. The van der Waals surface area contributed by atoms with Crippen LogP contribution in [0.1, 0.15) is 30.9 Å². The fourth-order valence-corrected chi connectivity index (χ4v) is 2.34. The molecule has 0 saturated heterocycles. The van der Waals surface area contributed by atoms with Gasteiger partial charge < -0.3 is 20.1 Å². The number of nitrogens with one attached hydrogen (secondary N) is 1. The van der Waals surface area contributed by atoms with E-state index in [-0.39, 0.29) is 6.61 Å². The summed E-state index contributed by atoms with van der Waals surface area (Å²) in [6.07, 6.45) is 2.65. The van der Waals surface area contributed by atoms with Crippen molar-refractivity contribution in [1.29, 1.82) is 0 Å². The van der Waals surface area contributed by atoms with Gasteiger partial charge in [0.15, 0.2) is 5.96 Å². The van der Waals surface area contributed by atoms with Crippen molar-refractivity contribution in [1.82, 2.24) is 10.2 Å². The molecule has 0 heterocycles. The Hall–Kier alpha value is -1.59. The monoisotopic (exact) mass is 319 g/mol. The molecule has 2 N–H and O–H groups in total. The summed E-state index contributed by atoms with van der Waals surface area (Å²) in [5, 5.41) is 12.7. The molecule has 0 aliphatic heterocycles. The van der Waals surface area contributed by atoms with Crippen LogP contribution in [0.15, 0.2) is 29.3 Å². The second-order valence-electron chi connectivity index (χ2n) is 6.04. The van der Waals surface area contributed by atoms with Crippen molar-refractivity contribution in [2.75, 3.05) is 33.4 Å². The van der Waals surface area contributed by atoms with Crippen LogP contribution in [0.5, 0.6) is 0 Å². The number of hydrogen-bond acceptors (Lipinski definition) is 3. The number of hydrogen-bond donors (Lipinski definition) is 2. The van der Waals surface area contributed by atoms with Gasteiger partial charge in [-0.15, -0.1) is 0 Å². The molecule has 0 unspecified atom stereocenters. The normalized spacial score (nSPS) is 14.8. The highest BCUT2D eigenvalue weighted by atomic mass is 16.5. The van der Waals surface area contributed by atoms with E-state index in [4.69, 9.17) is 4.74 Å². The quantitative estimate of drug-likeness (QED) is 0.415. The number of likely N-dealkylation sites (N-methyl/N-ethyl adjacent to an activating group) is 1. The molecule has 0 radical (unpaired) electrons. The molecule has 5 heteroatoms. The molecule has 0 atom stereocenters. The van der Waals surface area contributed by atoms with Crippen molar-refractivity contribution in [3.63, 3.8) is 0 Å². The van der Waals surface area contributed by atoms with Crippen molar-refractivity contribution in [2.45, 2.75) is 32.9 Å². The Labute approximate surface area is 139 Å². The Morgan fingerprint density at radius 1 is 1.35 bits per heavy atom. The van der Waals surface area contributed by atoms with E-state index in [2.05, 4.69) is 22.1 Å². The summed E-state index contributed by atoms with van der Waals surface area (Å²) >= 11 is 0. The molecule has 1 aliphatic carbocycles. The van der Waals surface area contributed by atoms with Gasteiger partial charge in [-0.05, 0) is 36.8 Å². The molecule has 23 heavy (non-hydrogen) atoms. The van der Waals surface area contributed by atoms with E-state index in [0.29, 0.717) is 6.54 Å². The first-order chi connectivity index (χ1) is 11.2. The zero-order valence-corrected chi connectivity index (χ0v) is 14.3. The van der Waals surface area contributed by atoms with Crippen LogP contribution in [0.4, 0.5) is 0 Å². The minimum atomic E-state index is 0.0487. The van der Waals surface area contributed by atoms with Gasteiger partial charge in [-0.1, -0.05) is 24.3 Å². The number of aliphatic imine (C=N–C) groups is 1. The topological polar surface area (TPSA) is 57.1 Å². The van der Waals surface area contributed by atoms with Gasteiger partial charge in [0.05, 0.1) is 19.8 Å². The van der Waals surface area contributed by atoms with Crippen LogP contribution < -0.4 is 5.32 Å². The molecule has 5 nitrogen and oxygen atoms in total. The fourth-order valence-electron chi connectivity index (χ4n) is 2.34. The van der Waals surface area contributed by atoms with Crippen LogP contribution in [0.2, 0.25) is 0 Å². The Balaban J connectivity index is 1.86. The van der Waals surface area contributed by atoms with E-state index >= 15 is 0 Å². The van der Waals surface area contributed by atoms with Gasteiger partial charge in [0.1, 0.15) is 0 Å². The first kappa shape index (κ1) is 17.8. The predicted octanol–water partition coefficient (Wildman–Crippen LogP) is 2.00. The van der Waals surface area contributed by atoms with Gasteiger partial charge in [0.2, 0.25) is 0 Å². The third-order valence-electron chi connectivity index (χ3n) is 4.01. The summed E-state index contributed by atoms with van der Waals surface area (Å²) in [6, 6.07) is 7.87. The van der Waals surface area contributed by atoms with E-state index in [9.17, 15) is 5.11 Å². The Morgan fingerprint density at radius 2 is 2.09 bits per heavy atom. The highest BCUT2D eigenvalue weighted by molar-refractivity contribution is 5.79. The Kier molecular flexibility index (Phi) is 7.36. The largest absolute Gasteiger partial charge is 0.392 e. The van der Waals surface area contributed by atoms with E-state index in [0.717, 1.165) is 49.3 Å². The van der Waals surface area contributed by atoms with Crippen LogP contribution in [-0.2, 0) is 17.9 Å². The summed E-state index contributed by atoms with van der Waals surface area (Å²) in [7, 11) is 2.03. The molecule has 2 rings (SSSR count). The van der Waals surface area contributed by atoms with Crippen molar-refractivity contribution < 1.29 is 9.84 Å². The number of guanidine groups is 1. The fraction of sp³-hybridized carbons (Fsp3) is 0.611. The van der Waals surface area contributed by atoms with Gasteiger partial charge >= 0.3 is 0 Å². The van der Waals surface area contributed by atoms with Gasteiger partial charge in [-0.3, -0.25) is 0 Å². The molecular formula is C18H29N3O2. The predicted molar refractivity (Wildman–Crippen MR) is 93.4 cm³/mol. The average molecular weight is 319 g/mol. The summed E-state index contributed by atoms with van der Waals surface area (Å²) in [5.41, 5.74) is 1.99. The van der Waals surface area contributed by atoms with Crippen molar-refractivity contribution >= 4 is 5.96 Å². The smallest absolute Gasteiger partial charge is 0.194 e. The average Bonchev–Trinajstić information content (AvgIpc) is 3.39. The molecule has 0 bridgehead atoms.